The van der Waals surface area contributed by atoms with Crippen LogP contribution in [0.1, 0.15) is 73.3 Å². The summed E-state index contributed by atoms with van der Waals surface area (Å²) in [6, 6.07) is 8.66. The van der Waals surface area contributed by atoms with Crippen molar-refractivity contribution in [2.24, 2.45) is 0 Å². The van der Waals surface area contributed by atoms with Gasteiger partial charge < -0.3 is 19.1 Å². The average Bonchev–Trinajstić information content (AvgIpc) is 3.89. The number of methoxy groups -OCH3 is 1. The number of nitrogens with zero attached hydrogens (tertiary/aromatic N) is 6. The number of ether oxygens (including phenoxy) is 2. The molecule has 4 aromatic rings. The third-order valence-electron chi connectivity index (χ3n) is 6.94. The van der Waals surface area contributed by atoms with Crippen LogP contribution < -0.4 is 9.47 Å². The van der Waals surface area contributed by atoms with Gasteiger partial charge in [-0.1, -0.05) is 24.3 Å². The van der Waals surface area contributed by atoms with E-state index in [2.05, 4.69) is 24.9 Å². The molecule has 0 aliphatic heterocycles. The number of benzene rings is 1. The number of hydrogen-bond donors (Lipinski definition) is 1. The van der Waals surface area contributed by atoms with E-state index in [9.17, 15) is 18.3 Å². The second-order valence-electron chi connectivity index (χ2n) is 10.1. The lowest BCUT2D eigenvalue weighted by atomic mass is 10.1. The fourth-order valence-corrected chi connectivity index (χ4v) is 4.54. The Balaban J connectivity index is 1.25. The zero-order valence-electron chi connectivity index (χ0n) is 21.9. The molecule has 0 bridgehead atoms. The van der Waals surface area contributed by atoms with Crippen LogP contribution in [0.15, 0.2) is 42.9 Å². The smallest absolute Gasteiger partial charge is 0.434 e. The Bertz CT molecular complexity index is 1530. The summed E-state index contributed by atoms with van der Waals surface area (Å²) in [6.45, 7) is 1.74. The third kappa shape index (κ3) is 5.35. The molecular formula is C28H27F3N6O3. The molecule has 2 saturated carbocycles. The van der Waals surface area contributed by atoms with E-state index in [1.165, 1.54) is 13.4 Å². The molecule has 3 aromatic heterocycles. The van der Waals surface area contributed by atoms with Crippen LogP contribution in [-0.2, 0) is 12.8 Å². The Labute approximate surface area is 228 Å². The molecule has 1 aromatic carbocycles. The van der Waals surface area contributed by atoms with Crippen LogP contribution in [0.3, 0.4) is 0 Å². The Morgan fingerprint density at radius 2 is 1.80 bits per heavy atom. The van der Waals surface area contributed by atoms with Gasteiger partial charge in [-0.05, 0) is 38.2 Å². The quantitative estimate of drug-likeness (QED) is 0.283. The fraction of sp³-hybridized carbons (Fsp3) is 0.393. The predicted octanol–water partition coefficient (Wildman–Crippen LogP) is 5.67. The molecule has 1 N–H and O–H groups in total. The monoisotopic (exact) mass is 552 g/mol. The molecule has 12 heteroatoms. The number of hydrogen-bond acceptors (Lipinski definition) is 8. The van der Waals surface area contributed by atoms with Crippen LogP contribution in [0.5, 0.6) is 11.8 Å². The van der Waals surface area contributed by atoms with Crippen LogP contribution in [0.2, 0.25) is 0 Å². The van der Waals surface area contributed by atoms with E-state index >= 15 is 0 Å². The minimum absolute atomic E-state index is 0.0470. The highest BCUT2D eigenvalue weighted by molar-refractivity contribution is 5.66. The summed E-state index contributed by atoms with van der Waals surface area (Å²) >= 11 is 0. The van der Waals surface area contributed by atoms with Crippen molar-refractivity contribution >= 4 is 0 Å². The van der Waals surface area contributed by atoms with Crippen molar-refractivity contribution in [3.8, 4) is 34.5 Å². The number of aromatic nitrogens is 6. The summed E-state index contributed by atoms with van der Waals surface area (Å²) in [5.74, 6) is 1.47. The zero-order valence-corrected chi connectivity index (χ0v) is 21.9. The average molecular weight is 553 g/mol. The van der Waals surface area contributed by atoms with E-state index in [1.807, 2.05) is 0 Å². The van der Waals surface area contributed by atoms with Gasteiger partial charge in [-0.3, -0.25) is 0 Å². The van der Waals surface area contributed by atoms with Gasteiger partial charge in [0.25, 0.3) is 0 Å². The van der Waals surface area contributed by atoms with Crippen molar-refractivity contribution in [1.82, 2.24) is 29.5 Å². The number of aliphatic hydroxyl groups excluding tert-OH is 1. The minimum atomic E-state index is -4.50. The maximum absolute atomic E-state index is 13.3. The summed E-state index contributed by atoms with van der Waals surface area (Å²) in [5.41, 5.74) is 2.23. The molecule has 2 aliphatic carbocycles. The first-order chi connectivity index (χ1) is 19.2. The molecule has 0 unspecified atom stereocenters. The van der Waals surface area contributed by atoms with E-state index in [-0.39, 0.29) is 24.4 Å². The van der Waals surface area contributed by atoms with Crippen molar-refractivity contribution in [2.75, 3.05) is 7.11 Å². The van der Waals surface area contributed by atoms with E-state index in [0.29, 0.717) is 34.3 Å². The Morgan fingerprint density at radius 1 is 1.05 bits per heavy atom. The normalized spacial score (nSPS) is 16.1. The van der Waals surface area contributed by atoms with E-state index < -0.39 is 18.0 Å². The molecule has 1 atom stereocenters. The van der Waals surface area contributed by atoms with Crippen LogP contribution in [-0.4, -0.2) is 41.7 Å². The number of aliphatic hydroxyl groups is 1. The van der Waals surface area contributed by atoms with Gasteiger partial charge in [-0.15, -0.1) is 0 Å². The summed E-state index contributed by atoms with van der Waals surface area (Å²) in [6.07, 6.45) is 0.853. The highest BCUT2D eigenvalue weighted by Gasteiger charge is 2.37. The maximum Gasteiger partial charge on any atom is 0.434 e. The van der Waals surface area contributed by atoms with Crippen LogP contribution >= 0.6 is 0 Å². The van der Waals surface area contributed by atoms with E-state index in [1.54, 1.807) is 41.8 Å². The highest BCUT2D eigenvalue weighted by Crippen LogP contribution is 2.45. The Kier molecular flexibility index (Phi) is 6.65. The van der Waals surface area contributed by atoms with Crippen molar-refractivity contribution in [2.45, 2.75) is 63.5 Å². The lowest BCUT2D eigenvalue weighted by Gasteiger charge is -2.14. The van der Waals surface area contributed by atoms with Gasteiger partial charge in [0.05, 0.1) is 24.6 Å². The van der Waals surface area contributed by atoms with Gasteiger partial charge in [0, 0.05) is 29.8 Å². The molecule has 6 rings (SSSR count). The van der Waals surface area contributed by atoms with Crippen LogP contribution in [0.4, 0.5) is 13.2 Å². The number of rotatable bonds is 9. The SMILES string of the molecule is COc1ncnc(C2CC2)c1-c1nc(OCc2ccc(-c3nc(C(F)(F)F)cn3C3CC3)cc2)cc([C@@H](C)O)n1. The summed E-state index contributed by atoms with van der Waals surface area (Å²) in [5, 5.41) is 10.3. The van der Waals surface area contributed by atoms with Gasteiger partial charge in [0.2, 0.25) is 11.8 Å². The minimum Gasteiger partial charge on any atom is -0.480 e. The fourth-order valence-electron chi connectivity index (χ4n) is 4.54. The van der Waals surface area contributed by atoms with Crippen LogP contribution in [0, 0.1) is 0 Å². The van der Waals surface area contributed by atoms with E-state index in [0.717, 1.165) is 43.1 Å². The lowest BCUT2D eigenvalue weighted by Crippen LogP contribution is -2.07. The number of halogens is 3. The second kappa shape index (κ2) is 10.2. The van der Waals surface area contributed by atoms with Crippen LogP contribution in [0.25, 0.3) is 22.8 Å². The third-order valence-corrected chi connectivity index (χ3v) is 6.94. The maximum atomic E-state index is 13.3. The first-order valence-electron chi connectivity index (χ1n) is 13.1. The van der Waals surface area contributed by atoms with E-state index in [4.69, 9.17) is 9.47 Å². The first kappa shape index (κ1) is 26.2. The van der Waals surface area contributed by atoms with Gasteiger partial charge in [0.1, 0.15) is 24.3 Å². The zero-order chi connectivity index (χ0) is 28.0. The molecule has 0 radical (unpaired) electrons. The topological polar surface area (TPSA) is 108 Å². The summed E-state index contributed by atoms with van der Waals surface area (Å²) in [4.78, 5) is 21.7. The molecule has 9 nitrogen and oxygen atoms in total. The van der Waals surface area contributed by atoms with Crippen molar-refractivity contribution in [1.29, 1.82) is 0 Å². The Hall–Kier alpha value is -4.06. The highest BCUT2D eigenvalue weighted by atomic mass is 19.4. The Morgan fingerprint density at radius 3 is 2.42 bits per heavy atom. The molecule has 3 heterocycles. The lowest BCUT2D eigenvalue weighted by molar-refractivity contribution is -0.140. The first-order valence-corrected chi connectivity index (χ1v) is 13.1. The van der Waals surface area contributed by atoms with Gasteiger partial charge >= 0.3 is 6.18 Å². The molecule has 2 aliphatic rings. The largest absolute Gasteiger partial charge is 0.480 e. The molecular weight excluding hydrogens is 525 g/mol. The van der Waals surface area contributed by atoms with Gasteiger partial charge in [-0.2, -0.15) is 18.2 Å². The molecule has 208 valence electrons. The summed E-state index contributed by atoms with van der Waals surface area (Å²) in [7, 11) is 1.52. The molecule has 2 fully saturated rings. The standard InChI is InChI=1S/C28H27F3N6O3/c1-15(38)20-11-22(36-25(34-20)23-24(17-7-8-17)32-14-33-27(23)39-2)40-13-16-3-5-18(6-4-16)26-35-21(28(29,30)31)12-37(26)19-9-10-19/h3-6,11-12,14-15,17,19,38H,7-10,13H2,1-2H3/t15-/m1/s1. The molecule has 40 heavy (non-hydrogen) atoms. The number of imidazole rings is 1. The molecule has 0 spiro atoms. The van der Waals surface area contributed by atoms with Gasteiger partial charge in [-0.25, -0.2) is 19.9 Å². The summed E-state index contributed by atoms with van der Waals surface area (Å²) < 4.78 is 53.0. The van der Waals surface area contributed by atoms with Crippen molar-refractivity contribution < 1.29 is 27.8 Å². The molecule has 0 amide bonds. The predicted molar refractivity (Wildman–Crippen MR) is 137 cm³/mol. The van der Waals surface area contributed by atoms with Crippen molar-refractivity contribution in [3.05, 3.63) is 65.5 Å². The van der Waals surface area contributed by atoms with Gasteiger partial charge in [0.15, 0.2) is 11.5 Å². The van der Waals surface area contributed by atoms with Crippen molar-refractivity contribution in [3.63, 3.8) is 0 Å². The number of alkyl halides is 3. The second-order valence-corrected chi connectivity index (χ2v) is 10.1. The molecule has 0 saturated heterocycles.